The van der Waals surface area contributed by atoms with Gasteiger partial charge in [0, 0.05) is 15.6 Å². The van der Waals surface area contributed by atoms with Gasteiger partial charge in [-0.3, -0.25) is 0 Å². The maximum Gasteiger partial charge on any atom is 0.125 e. The number of aliphatic hydroxyl groups is 1. The van der Waals surface area contributed by atoms with Crippen LogP contribution in [0.4, 0.5) is 0 Å². The molecule has 1 atom stereocenters. The Hall–Kier alpha value is -1.23. The second-order valence-electron chi connectivity index (χ2n) is 4.15. The van der Waals surface area contributed by atoms with Crippen LogP contribution in [0.1, 0.15) is 17.2 Å². The third-order valence-electron chi connectivity index (χ3n) is 3.01. The van der Waals surface area contributed by atoms with Crippen LogP contribution in [-0.2, 0) is 0 Å². The van der Waals surface area contributed by atoms with Crippen molar-refractivity contribution < 1.29 is 14.6 Å². The first kappa shape index (κ1) is 15.2. The largest absolute Gasteiger partial charge is 0.497 e. The predicted molar refractivity (Wildman–Crippen MR) is 82.8 cm³/mol. The summed E-state index contributed by atoms with van der Waals surface area (Å²) < 4.78 is 11.2. The van der Waals surface area contributed by atoms with E-state index < -0.39 is 6.10 Å². The molecule has 0 aromatic heterocycles. The van der Waals surface area contributed by atoms with Crippen LogP contribution >= 0.6 is 27.5 Å². The van der Waals surface area contributed by atoms with E-state index in [1.807, 2.05) is 12.1 Å². The van der Waals surface area contributed by atoms with Crippen LogP contribution in [0.5, 0.6) is 11.5 Å². The van der Waals surface area contributed by atoms with Gasteiger partial charge >= 0.3 is 0 Å². The van der Waals surface area contributed by atoms with Crippen LogP contribution in [0, 0.1) is 0 Å². The van der Waals surface area contributed by atoms with Gasteiger partial charge in [-0.15, -0.1) is 0 Å². The smallest absolute Gasteiger partial charge is 0.125 e. The summed E-state index contributed by atoms with van der Waals surface area (Å²) in [6.07, 6.45) is -0.898. The molecule has 20 heavy (non-hydrogen) atoms. The first-order chi connectivity index (χ1) is 9.58. The molecular formula is C15H14BrClO3. The van der Waals surface area contributed by atoms with Crippen molar-refractivity contribution in [2.45, 2.75) is 6.10 Å². The zero-order valence-corrected chi connectivity index (χ0v) is 13.4. The predicted octanol–water partition coefficient (Wildman–Crippen LogP) is 4.20. The Morgan fingerprint density at radius 2 is 1.85 bits per heavy atom. The second kappa shape index (κ2) is 6.48. The number of hydrogen-bond acceptors (Lipinski definition) is 3. The van der Waals surface area contributed by atoms with Gasteiger partial charge in [0.25, 0.3) is 0 Å². The summed E-state index contributed by atoms with van der Waals surface area (Å²) in [5.41, 5.74) is 1.21. The van der Waals surface area contributed by atoms with Crippen molar-refractivity contribution in [3.63, 3.8) is 0 Å². The molecule has 0 radical (unpaired) electrons. The van der Waals surface area contributed by atoms with Crippen LogP contribution in [-0.4, -0.2) is 19.3 Å². The molecule has 0 aliphatic rings. The molecule has 0 aliphatic carbocycles. The van der Waals surface area contributed by atoms with Crippen LogP contribution in [0.15, 0.2) is 40.9 Å². The molecule has 2 aromatic carbocycles. The van der Waals surface area contributed by atoms with Gasteiger partial charge in [-0.05, 0) is 40.2 Å². The van der Waals surface area contributed by atoms with Gasteiger partial charge in [0.05, 0.1) is 19.2 Å². The van der Waals surface area contributed by atoms with Crippen LogP contribution in [0.2, 0.25) is 5.02 Å². The van der Waals surface area contributed by atoms with Crippen molar-refractivity contribution in [2.75, 3.05) is 14.2 Å². The fourth-order valence-corrected chi connectivity index (χ4v) is 2.56. The maximum absolute atomic E-state index is 10.6. The van der Waals surface area contributed by atoms with E-state index in [1.54, 1.807) is 38.5 Å². The van der Waals surface area contributed by atoms with Gasteiger partial charge in [0.15, 0.2) is 0 Å². The Balaban J connectivity index is 2.51. The molecule has 0 heterocycles. The molecule has 2 rings (SSSR count). The molecule has 1 unspecified atom stereocenters. The standard InChI is InChI=1S/C15H14BrClO3/c1-19-9-6-7-13(20-2)11(8-9)15(18)10-4-3-5-12(16)14(10)17/h3-8,15,18H,1-2H3. The molecule has 0 saturated heterocycles. The van der Waals surface area contributed by atoms with E-state index in [0.29, 0.717) is 27.6 Å². The molecular weight excluding hydrogens is 344 g/mol. The number of ether oxygens (including phenoxy) is 2. The number of aliphatic hydroxyl groups excluding tert-OH is 1. The SMILES string of the molecule is COc1ccc(OC)c(C(O)c2cccc(Br)c2Cl)c1. The van der Waals surface area contributed by atoms with E-state index in [0.717, 1.165) is 4.47 Å². The molecule has 5 heteroatoms. The first-order valence-electron chi connectivity index (χ1n) is 5.92. The summed E-state index contributed by atoms with van der Waals surface area (Å²) in [5.74, 6) is 1.22. The fraction of sp³-hybridized carbons (Fsp3) is 0.200. The highest BCUT2D eigenvalue weighted by Gasteiger charge is 2.19. The quantitative estimate of drug-likeness (QED) is 0.891. The average molecular weight is 358 g/mol. The van der Waals surface area contributed by atoms with E-state index in [4.69, 9.17) is 21.1 Å². The molecule has 106 valence electrons. The lowest BCUT2D eigenvalue weighted by Crippen LogP contribution is -2.04. The second-order valence-corrected chi connectivity index (χ2v) is 5.39. The van der Waals surface area contributed by atoms with Gasteiger partial charge in [0.2, 0.25) is 0 Å². The van der Waals surface area contributed by atoms with Gasteiger partial charge in [0.1, 0.15) is 17.6 Å². The van der Waals surface area contributed by atoms with Gasteiger partial charge in [-0.2, -0.15) is 0 Å². The minimum absolute atomic E-state index is 0.477. The van der Waals surface area contributed by atoms with Crippen molar-refractivity contribution in [3.05, 3.63) is 57.0 Å². The van der Waals surface area contributed by atoms with Crippen LogP contribution in [0.25, 0.3) is 0 Å². The molecule has 2 aromatic rings. The molecule has 1 N–H and O–H groups in total. The van der Waals surface area contributed by atoms with E-state index >= 15 is 0 Å². The number of halogens is 2. The maximum atomic E-state index is 10.6. The molecule has 3 nitrogen and oxygen atoms in total. The van der Waals surface area contributed by atoms with Crippen molar-refractivity contribution in [3.8, 4) is 11.5 Å². The van der Waals surface area contributed by atoms with E-state index in [9.17, 15) is 5.11 Å². The Labute approximate surface area is 131 Å². The van der Waals surface area contributed by atoms with E-state index in [2.05, 4.69) is 15.9 Å². The third kappa shape index (κ3) is 2.92. The highest BCUT2D eigenvalue weighted by Crippen LogP contribution is 2.37. The molecule has 0 aliphatic heterocycles. The number of hydrogen-bond donors (Lipinski definition) is 1. The Kier molecular flexibility index (Phi) is 4.91. The third-order valence-corrected chi connectivity index (χ3v) is 4.32. The lowest BCUT2D eigenvalue weighted by Gasteiger charge is -2.17. The minimum Gasteiger partial charge on any atom is -0.497 e. The Morgan fingerprint density at radius 1 is 1.10 bits per heavy atom. The Morgan fingerprint density at radius 3 is 2.50 bits per heavy atom. The highest BCUT2D eigenvalue weighted by molar-refractivity contribution is 9.10. The normalized spacial score (nSPS) is 12.1. The van der Waals surface area contributed by atoms with Gasteiger partial charge < -0.3 is 14.6 Å². The van der Waals surface area contributed by atoms with Gasteiger partial charge in [-0.25, -0.2) is 0 Å². The number of rotatable bonds is 4. The number of methoxy groups -OCH3 is 2. The zero-order chi connectivity index (χ0) is 14.7. The molecule has 0 fully saturated rings. The summed E-state index contributed by atoms with van der Waals surface area (Å²) >= 11 is 9.58. The van der Waals surface area contributed by atoms with Gasteiger partial charge in [-0.1, -0.05) is 23.7 Å². The van der Waals surface area contributed by atoms with Crippen molar-refractivity contribution in [2.24, 2.45) is 0 Å². The summed E-state index contributed by atoms with van der Waals surface area (Å²) in [7, 11) is 3.13. The lowest BCUT2D eigenvalue weighted by atomic mass is 10.0. The average Bonchev–Trinajstić information content (AvgIpc) is 2.48. The number of benzene rings is 2. The monoisotopic (exact) mass is 356 g/mol. The first-order valence-corrected chi connectivity index (χ1v) is 7.09. The van der Waals surface area contributed by atoms with E-state index in [-0.39, 0.29) is 0 Å². The van der Waals surface area contributed by atoms with E-state index in [1.165, 1.54) is 0 Å². The molecule has 0 amide bonds. The molecule has 0 spiro atoms. The summed E-state index contributed by atoms with van der Waals surface area (Å²) in [6, 6.07) is 10.7. The fourth-order valence-electron chi connectivity index (χ4n) is 1.95. The van der Waals surface area contributed by atoms with Crippen LogP contribution < -0.4 is 9.47 Å². The van der Waals surface area contributed by atoms with Crippen molar-refractivity contribution >= 4 is 27.5 Å². The minimum atomic E-state index is -0.898. The lowest BCUT2D eigenvalue weighted by molar-refractivity contribution is 0.214. The Bertz CT molecular complexity index is 616. The molecule has 0 saturated carbocycles. The highest BCUT2D eigenvalue weighted by atomic mass is 79.9. The summed E-state index contributed by atoms with van der Waals surface area (Å²) in [6.45, 7) is 0. The molecule has 0 bridgehead atoms. The van der Waals surface area contributed by atoms with Crippen molar-refractivity contribution in [1.82, 2.24) is 0 Å². The summed E-state index contributed by atoms with van der Waals surface area (Å²) in [5, 5.41) is 11.1. The summed E-state index contributed by atoms with van der Waals surface area (Å²) in [4.78, 5) is 0. The topological polar surface area (TPSA) is 38.7 Å². The zero-order valence-electron chi connectivity index (χ0n) is 11.1. The van der Waals surface area contributed by atoms with Crippen molar-refractivity contribution in [1.29, 1.82) is 0 Å². The van der Waals surface area contributed by atoms with Crippen LogP contribution in [0.3, 0.4) is 0 Å².